The lowest BCUT2D eigenvalue weighted by atomic mass is 10.00. The van der Waals surface area contributed by atoms with Crippen molar-refractivity contribution in [3.05, 3.63) is 83.6 Å². The van der Waals surface area contributed by atoms with E-state index in [-0.39, 0.29) is 24.0 Å². The minimum absolute atomic E-state index is 0.0990. The zero-order chi connectivity index (χ0) is 21.3. The number of hydrogen-bond donors (Lipinski definition) is 1. The molecule has 2 heterocycles. The number of aliphatic carboxylic acids is 1. The van der Waals surface area contributed by atoms with Crippen LogP contribution in [0.5, 0.6) is 0 Å². The monoisotopic (exact) mass is 404 g/mol. The Bertz CT molecular complexity index is 1010. The van der Waals surface area contributed by atoms with E-state index in [1.165, 1.54) is 6.20 Å². The summed E-state index contributed by atoms with van der Waals surface area (Å²) in [5.74, 6) is -2.79. The van der Waals surface area contributed by atoms with Gasteiger partial charge in [-0.1, -0.05) is 48.5 Å². The first kappa shape index (κ1) is 19.6. The van der Waals surface area contributed by atoms with Crippen molar-refractivity contribution in [1.82, 2.24) is 9.80 Å². The van der Waals surface area contributed by atoms with Gasteiger partial charge in [0, 0.05) is 12.6 Å². The van der Waals surface area contributed by atoms with Gasteiger partial charge in [0.15, 0.2) is 0 Å². The summed E-state index contributed by atoms with van der Waals surface area (Å²) in [5.41, 5.74) is 1.26. The Labute approximate surface area is 173 Å². The Morgan fingerprint density at radius 1 is 0.967 bits per heavy atom. The van der Waals surface area contributed by atoms with Crippen molar-refractivity contribution in [2.45, 2.75) is 31.3 Å². The molecular formula is C23H20N2O5. The van der Waals surface area contributed by atoms with E-state index in [1.54, 1.807) is 54.6 Å². The summed E-state index contributed by atoms with van der Waals surface area (Å²) in [6, 6.07) is 13.3. The number of carboxylic acids is 1. The molecular weight excluding hydrogens is 384 g/mol. The molecule has 2 atom stereocenters. The van der Waals surface area contributed by atoms with Gasteiger partial charge in [0.2, 0.25) is 0 Å². The van der Waals surface area contributed by atoms with Gasteiger partial charge in [-0.2, -0.15) is 0 Å². The summed E-state index contributed by atoms with van der Waals surface area (Å²) in [4.78, 5) is 53.4. The van der Waals surface area contributed by atoms with Crippen molar-refractivity contribution in [2.75, 3.05) is 0 Å². The number of imide groups is 1. The van der Waals surface area contributed by atoms with Gasteiger partial charge in [-0.15, -0.1) is 0 Å². The average Bonchev–Trinajstić information content (AvgIpc) is 3.03. The van der Waals surface area contributed by atoms with Crippen molar-refractivity contribution in [3.63, 3.8) is 0 Å². The van der Waals surface area contributed by atoms with Gasteiger partial charge in [-0.25, -0.2) is 4.79 Å². The minimum atomic E-state index is -1.15. The molecule has 0 aliphatic carbocycles. The molecule has 0 saturated carbocycles. The predicted molar refractivity (Wildman–Crippen MR) is 108 cm³/mol. The maximum atomic E-state index is 13.5. The molecule has 152 valence electrons. The molecule has 0 fully saturated rings. The van der Waals surface area contributed by atoms with Crippen LogP contribution >= 0.6 is 0 Å². The van der Waals surface area contributed by atoms with Crippen LogP contribution in [-0.2, 0) is 16.0 Å². The maximum Gasteiger partial charge on any atom is 0.326 e. The standard InChI is InChI=1S/C23H20N2O5/c26-20-16-10-4-5-11-17(16)21(27)25(20)19(14-15-8-2-1-3-9-15)22(28)24-13-7-6-12-18(24)23(29)30/h1-5,7-11,13,18-19H,6,12,14H2,(H,29,30)/t18-,19?/m0/s1. The molecule has 30 heavy (non-hydrogen) atoms. The summed E-state index contributed by atoms with van der Waals surface area (Å²) in [7, 11) is 0. The molecule has 2 aliphatic heterocycles. The van der Waals surface area contributed by atoms with Crippen LogP contribution in [0.3, 0.4) is 0 Å². The third-order valence-corrected chi connectivity index (χ3v) is 5.44. The number of fused-ring (bicyclic) bond motifs is 1. The number of amides is 3. The third-order valence-electron chi connectivity index (χ3n) is 5.44. The highest BCUT2D eigenvalue weighted by molar-refractivity contribution is 6.23. The van der Waals surface area contributed by atoms with Gasteiger partial charge in [0.25, 0.3) is 17.7 Å². The average molecular weight is 404 g/mol. The number of carbonyl (C=O) groups is 4. The molecule has 7 nitrogen and oxygen atoms in total. The summed E-state index contributed by atoms with van der Waals surface area (Å²) >= 11 is 0. The summed E-state index contributed by atoms with van der Waals surface area (Å²) < 4.78 is 0. The van der Waals surface area contributed by atoms with Gasteiger partial charge in [-0.05, 0) is 30.5 Å². The zero-order valence-electron chi connectivity index (χ0n) is 16.1. The Morgan fingerprint density at radius 3 is 2.17 bits per heavy atom. The molecule has 1 unspecified atom stereocenters. The molecule has 1 N–H and O–H groups in total. The lowest BCUT2D eigenvalue weighted by Crippen LogP contribution is -2.54. The first-order chi connectivity index (χ1) is 14.5. The van der Waals surface area contributed by atoms with Crippen LogP contribution in [0.2, 0.25) is 0 Å². The Balaban J connectivity index is 1.74. The van der Waals surface area contributed by atoms with E-state index in [1.807, 2.05) is 6.07 Å². The second-order valence-electron chi connectivity index (χ2n) is 7.29. The fraction of sp³-hybridized carbons (Fsp3) is 0.217. The second kappa shape index (κ2) is 7.94. The van der Waals surface area contributed by atoms with Gasteiger partial charge in [-0.3, -0.25) is 19.3 Å². The number of hydrogen-bond acceptors (Lipinski definition) is 4. The Morgan fingerprint density at radius 2 is 1.57 bits per heavy atom. The normalized spacial score (nSPS) is 19.0. The van der Waals surface area contributed by atoms with Crippen LogP contribution in [0.15, 0.2) is 66.9 Å². The lowest BCUT2D eigenvalue weighted by Gasteiger charge is -2.34. The molecule has 2 aromatic rings. The van der Waals surface area contributed by atoms with Crippen LogP contribution in [-0.4, -0.2) is 50.7 Å². The largest absolute Gasteiger partial charge is 0.480 e. The van der Waals surface area contributed by atoms with Crippen LogP contribution in [0, 0.1) is 0 Å². The highest BCUT2D eigenvalue weighted by atomic mass is 16.4. The lowest BCUT2D eigenvalue weighted by molar-refractivity contribution is -0.149. The topological polar surface area (TPSA) is 95.0 Å². The van der Waals surface area contributed by atoms with Crippen LogP contribution in [0.25, 0.3) is 0 Å². The number of benzene rings is 2. The van der Waals surface area contributed by atoms with Gasteiger partial charge in [0.05, 0.1) is 11.1 Å². The van der Waals surface area contributed by atoms with Crippen LogP contribution in [0.1, 0.15) is 39.1 Å². The highest BCUT2D eigenvalue weighted by Gasteiger charge is 2.45. The molecule has 7 heteroatoms. The predicted octanol–water partition coefficient (Wildman–Crippen LogP) is 2.48. The molecule has 0 spiro atoms. The molecule has 3 amide bonds. The fourth-order valence-corrected chi connectivity index (χ4v) is 3.94. The third kappa shape index (κ3) is 3.39. The minimum Gasteiger partial charge on any atom is -0.480 e. The van der Waals surface area contributed by atoms with Crippen molar-refractivity contribution in [1.29, 1.82) is 0 Å². The van der Waals surface area contributed by atoms with E-state index >= 15 is 0 Å². The van der Waals surface area contributed by atoms with E-state index < -0.39 is 35.8 Å². The van der Waals surface area contributed by atoms with E-state index in [2.05, 4.69) is 0 Å². The van der Waals surface area contributed by atoms with E-state index in [0.29, 0.717) is 6.42 Å². The first-order valence-electron chi connectivity index (χ1n) is 9.71. The molecule has 0 aromatic heterocycles. The number of carboxylic acid groups (broad SMARTS) is 1. The van der Waals surface area contributed by atoms with E-state index in [0.717, 1.165) is 15.4 Å². The summed E-state index contributed by atoms with van der Waals surface area (Å²) in [5, 5.41) is 9.57. The smallest absolute Gasteiger partial charge is 0.326 e. The van der Waals surface area contributed by atoms with E-state index in [9.17, 15) is 24.3 Å². The number of carbonyl (C=O) groups excluding carboxylic acids is 3. The van der Waals surface area contributed by atoms with Crippen LogP contribution < -0.4 is 0 Å². The SMILES string of the molecule is O=C(O)[C@@H]1CCC=CN1C(=O)C(Cc1ccccc1)N1C(=O)c2ccccc2C1=O. The maximum absolute atomic E-state index is 13.5. The molecule has 0 saturated heterocycles. The fourth-order valence-electron chi connectivity index (χ4n) is 3.94. The van der Waals surface area contributed by atoms with Gasteiger partial charge in [0.1, 0.15) is 12.1 Å². The van der Waals surface area contributed by atoms with Crippen LogP contribution in [0.4, 0.5) is 0 Å². The highest BCUT2D eigenvalue weighted by Crippen LogP contribution is 2.28. The Kier molecular flexibility index (Phi) is 5.18. The molecule has 4 rings (SSSR count). The number of rotatable bonds is 5. The van der Waals surface area contributed by atoms with Crippen molar-refractivity contribution in [2.24, 2.45) is 0 Å². The molecule has 0 radical (unpaired) electrons. The molecule has 0 bridgehead atoms. The molecule has 2 aliphatic rings. The van der Waals surface area contributed by atoms with Gasteiger partial charge < -0.3 is 10.0 Å². The molecule has 2 aromatic carbocycles. The quantitative estimate of drug-likeness (QED) is 0.773. The number of allylic oxidation sites excluding steroid dienone is 1. The second-order valence-corrected chi connectivity index (χ2v) is 7.29. The number of nitrogens with zero attached hydrogens (tertiary/aromatic N) is 2. The van der Waals surface area contributed by atoms with Gasteiger partial charge >= 0.3 is 5.97 Å². The van der Waals surface area contributed by atoms with Crippen molar-refractivity contribution < 1.29 is 24.3 Å². The zero-order valence-corrected chi connectivity index (χ0v) is 16.1. The summed E-state index contributed by atoms with van der Waals surface area (Å²) in [6.45, 7) is 0. The Hall–Kier alpha value is -3.74. The first-order valence-corrected chi connectivity index (χ1v) is 9.71. The van der Waals surface area contributed by atoms with E-state index in [4.69, 9.17) is 0 Å². The van der Waals surface area contributed by atoms with Crippen molar-refractivity contribution in [3.8, 4) is 0 Å². The van der Waals surface area contributed by atoms with Crippen molar-refractivity contribution >= 4 is 23.7 Å². The summed E-state index contributed by atoms with van der Waals surface area (Å²) in [6.07, 6.45) is 4.08.